The number of urea groups is 1. The van der Waals surface area contributed by atoms with Crippen molar-refractivity contribution in [3.05, 3.63) is 59.2 Å². The van der Waals surface area contributed by atoms with Crippen LogP contribution in [0.2, 0.25) is 0 Å². The number of carbonyl (C=O) groups excluding carboxylic acids is 1. The fourth-order valence-electron chi connectivity index (χ4n) is 3.26. The standard InChI is InChI=1S/C20H24N2O2/c1-14-6-4-7-18(15(14)2)21-20(23)22-13-5-8-19(22)16-9-11-17(24-3)12-10-16/h4,6-7,9-12,19H,5,8,13H2,1-3H3,(H,21,23)/t19-/m1/s1. The van der Waals surface area contributed by atoms with Gasteiger partial charge in [0, 0.05) is 12.2 Å². The Balaban J connectivity index is 1.76. The topological polar surface area (TPSA) is 41.6 Å². The predicted octanol–water partition coefficient (Wildman–Crippen LogP) is 4.68. The molecular formula is C20H24N2O2. The molecule has 1 saturated heterocycles. The molecule has 2 aromatic carbocycles. The van der Waals surface area contributed by atoms with Crippen LogP contribution in [-0.2, 0) is 0 Å². The number of ether oxygens (including phenoxy) is 1. The highest BCUT2D eigenvalue weighted by atomic mass is 16.5. The zero-order valence-corrected chi connectivity index (χ0v) is 14.5. The second-order valence-corrected chi connectivity index (χ2v) is 6.30. The molecular weight excluding hydrogens is 300 g/mol. The number of rotatable bonds is 3. The normalized spacial score (nSPS) is 17.0. The highest BCUT2D eigenvalue weighted by molar-refractivity contribution is 5.90. The number of aryl methyl sites for hydroxylation is 1. The molecule has 0 aromatic heterocycles. The van der Waals surface area contributed by atoms with Crippen LogP contribution >= 0.6 is 0 Å². The van der Waals surface area contributed by atoms with Crippen molar-refractivity contribution >= 4 is 11.7 Å². The smallest absolute Gasteiger partial charge is 0.322 e. The molecule has 0 spiro atoms. The molecule has 0 unspecified atom stereocenters. The Morgan fingerprint density at radius 2 is 1.92 bits per heavy atom. The summed E-state index contributed by atoms with van der Waals surface area (Å²) < 4.78 is 5.22. The molecule has 3 rings (SSSR count). The number of hydrogen-bond donors (Lipinski definition) is 1. The van der Waals surface area contributed by atoms with Gasteiger partial charge in [0.1, 0.15) is 5.75 Å². The maximum atomic E-state index is 12.8. The molecule has 1 heterocycles. The van der Waals surface area contributed by atoms with E-state index in [1.165, 1.54) is 5.56 Å². The van der Waals surface area contributed by atoms with E-state index in [2.05, 4.69) is 18.3 Å². The van der Waals surface area contributed by atoms with Gasteiger partial charge in [-0.2, -0.15) is 0 Å². The van der Waals surface area contributed by atoms with Gasteiger partial charge in [-0.15, -0.1) is 0 Å². The van der Waals surface area contributed by atoms with Gasteiger partial charge in [-0.1, -0.05) is 24.3 Å². The van der Waals surface area contributed by atoms with Crippen LogP contribution in [0, 0.1) is 13.8 Å². The monoisotopic (exact) mass is 324 g/mol. The summed E-state index contributed by atoms with van der Waals surface area (Å²) >= 11 is 0. The highest BCUT2D eigenvalue weighted by Crippen LogP contribution is 2.33. The number of carbonyl (C=O) groups is 1. The van der Waals surface area contributed by atoms with Crippen LogP contribution in [0.4, 0.5) is 10.5 Å². The molecule has 126 valence electrons. The van der Waals surface area contributed by atoms with Gasteiger partial charge in [0.2, 0.25) is 0 Å². The minimum absolute atomic E-state index is 0.0259. The van der Waals surface area contributed by atoms with Crippen molar-refractivity contribution in [2.24, 2.45) is 0 Å². The highest BCUT2D eigenvalue weighted by Gasteiger charge is 2.30. The van der Waals surface area contributed by atoms with Gasteiger partial charge < -0.3 is 15.0 Å². The van der Waals surface area contributed by atoms with E-state index in [0.717, 1.165) is 42.0 Å². The zero-order chi connectivity index (χ0) is 17.1. The Labute approximate surface area is 143 Å². The molecule has 0 aliphatic carbocycles. The molecule has 2 aromatic rings. The lowest BCUT2D eigenvalue weighted by molar-refractivity contribution is 0.207. The average Bonchev–Trinajstić information content (AvgIpc) is 3.09. The first-order valence-corrected chi connectivity index (χ1v) is 8.38. The molecule has 1 N–H and O–H groups in total. The maximum Gasteiger partial charge on any atom is 0.322 e. The third kappa shape index (κ3) is 3.23. The number of methoxy groups -OCH3 is 1. The second kappa shape index (κ2) is 6.95. The number of anilines is 1. The van der Waals surface area contributed by atoms with E-state index in [4.69, 9.17) is 4.74 Å². The lowest BCUT2D eigenvalue weighted by Gasteiger charge is -2.26. The molecule has 1 aliphatic heterocycles. The molecule has 0 bridgehead atoms. The first-order valence-electron chi connectivity index (χ1n) is 8.38. The first kappa shape index (κ1) is 16.4. The molecule has 2 amide bonds. The SMILES string of the molecule is COc1ccc([C@H]2CCCN2C(=O)Nc2cccc(C)c2C)cc1. The summed E-state index contributed by atoms with van der Waals surface area (Å²) in [5, 5.41) is 3.08. The molecule has 0 saturated carbocycles. The molecule has 1 atom stereocenters. The number of likely N-dealkylation sites (tertiary alicyclic amines) is 1. The van der Waals surface area contributed by atoms with Gasteiger partial charge in [-0.25, -0.2) is 4.79 Å². The number of benzene rings is 2. The zero-order valence-electron chi connectivity index (χ0n) is 14.5. The second-order valence-electron chi connectivity index (χ2n) is 6.30. The van der Waals surface area contributed by atoms with Gasteiger partial charge in [-0.05, 0) is 61.6 Å². The van der Waals surface area contributed by atoms with Crippen molar-refractivity contribution < 1.29 is 9.53 Å². The lowest BCUT2D eigenvalue weighted by Crippen LogP contribution is -2.34. The first-order chi connectivity index (χ1) is 11.6. The van der Waals surface area contributed by atoms with Crippen LogP contribution in [-0.4, -0.2) is 24.6 Å². The van der Waals surface area contributed by atoms with E-state index >= 15 is 0 Å². The maximum absolute atomic E-state index is 12.8. The van der Waals surface area contributed by atoms with Crippen molar-refractivity contribution in [2.45, 2.75) is 32.7 Å². The number of hydrogen-bond acceptors (Lipinski definition) is 2. The molecule has 4 nitrogen and oxygen atoms in total. The minimum Gasteiger partial charge on any atom is -0.497 e. The number of amides is 2. The van der Waals surface area contributed by atoms with Crippen LogP contribution in [0.5, 0.6) is 5.75 Å². The van der Waals surface area contributed by atoms with E-state index in [1.807, 2.05) is 48.2 Å². The Morgan fingerprint density at radius 3 is 2.62 bits per heavy atom. The quantitative estimate of drug-likeness (QED) is 0.890. The van der Waals surface area contributed by atoms with Crippen molar-refractivity contribution in [1.29, 1.82) is 0 Å². The van der Waals surface area contributed by atoms with Crippen LogP contribution in [0.25, 0.3) is 0 Å². The van der Waals surface area contributed by atoms with Crippen LogP contribution in [0.3, 0.4) is 0 Å². The summed E-state index contributed by atoms with van der Waals surface area (Å²) in [5.41, 5.74) is 4.34. The molecule has 4 heteroatoms. The van der Waals surface area contributed by atoms with Gasteiger partial charge in [0.15, 0.2) is 0 Å². The Kier molecular flexibility index (Phi) is 4.74. The van der Waals surface area contributed by atoms with E-state index in [0.29, 0.717) is 0 Å². The van der Waals surface area contributed by atoms with E-state index in [9.17, 15) is 4.79 Å². The predicted molar refractivity (Wildman–Crippen MR) is 96.6 cm³/mol. The Morgan fingerprint density at radius 1 is 1.17 bits per heavy atom. The van der Waals surface area contributed by atoms with Crippen molar-refractivity contribution in [1.82, 2.24) is 4.90 Å². The lowest BCUT2D eigenvalue weighted by atomic mass is 10.0. The van der Waals surface area contributed by atoms with Crippen molar-refractivity contribution in [2.75, 3.05) is 19.0 Å². The van der Waals surface area contributed by atoms with Crippen LogP contribution in [0.15, 0.2) is 42.5 Å². The van der Waals surface area contributed by atoms with Gasteiger partial charge in [0.05, 0.1) is 13.2 Å². The van der Waals surface area contributed by atoms with Gasteiger partial charge in [-0.3, -0.25) is 0 Å². The number of nitrogens with one attached hydrogen (secondary N) is 1. The summed E-state index contributed by atoms with van der Waals surface area (Å²) in [7, 11) is 1.66. The summed E-state index contributed by atoms with van der Waals surface area (Å²) in [5.74, 6) is 0.836. The Bertz CT molecular complexity index is 725. The van der Waals surface area contributed by atoms with Crippen LogP contribution in [0.1, 0.15) is 35.6 Å². The minimum atomic E-state index is -0.0259. The molecule has 1 fully saturated rings. The number of nitrogens with zero attached hydrogens (tertiary/aromatic N) is 1. The van der Waals surface area contributed by atoms with E-state index in [1.54, 1.807) is 7.11 Å². The van der Waals surface area contributed by atoms with Crippen molar-refractivity contribution in [3.8, 4) is 5.75 Å². The molecule has 24 heavy (non-hydrogen) atoms. The summed E-state index contributed by atoms with van der Waals surface area (Å²) in [6.45, 7) is 4.88. The van der Waals surface area contributed by atoms with Gasteiger partial charge >= 0.3 is 6.03 Å². The molecule has 0 radical (unpaired) electrons. The van der Waals surface area contributed by atoms with E-state index < -0.39 is 0 Å². The molecule has 1 aliphatic rings. The fourth-order valence-corrected chi connectivity index (χ4v) is 3.26. The van der Waals surface area contributed by atoms with Crippen molar-refractivity contribution in [3.63, 3.8) is 0 Å². The Hall–Kier alpha value is -2.49. The fraction of sp³-hybridized carbons (Fsp3) is 0.350. The van der Waals surface area contributed by atoms with Crippen LogP contribution < -0.4 is 10.1 Å². The van der Waals surface area contributed by atoms with Gasteiger partial charge in [0.25, 0.3) is 0 Å². The summed E-state index contributed by atoms with van der Waals surface area (Å²) in [4.78, 5) is 14.7. The third-order valence-electron chi connectivity index (χ3n) is 4.86. The third-order valence-corrected chi connectivity index (χ3v) is 4.86. The van der Waals surface area contributed by atoms with E-state index in [-0.39, 0.29) is 12.1 Å². The summed E-state index contributed by atoms with van der Waals surface area (Å²) in [6, 6.07) is 14.1. The largest absolute Gasteiger partial charge is 0.497 e. The average molecular weight is 324 g/mol. The summed E-state index contributed by atoms with van der Waals surface area (Å²) in [6.07, 6.45) is 2.02.